The molecule has 2 fully saturated rings. The predicted octanol–water partition coefficient (Wildman–Crippen LogP) is 0.766. The maximum absolute atomic E-state index is 12.5. The molecule has 148 valence electrons. The smallest absolute Gasteiger partial charge is 0.238 e. The Morgan fingerprint density at radius 2 is 1.85 bits per heavy atom. The number of nitrogens with zero attached hydrogens (tertiary/aromatic N) is 2. The number of nitrogens with one attached hydrogen (secondary N) is 1. The average Bonchev–Trinajstić information content (AvgIpc) is 3.02. The summed E-state index contributed by atoms with van der Waals surface area (Å²) < 4.78 is 23.1. The van der Waals surface area contributed by atoms with Crippen LogP contribution in [0, 0.1) is 5.92 Å². The molecule has 0 aliphatic carbocycles. The molecular weight excluding hydrogens is 366 g/mol. The van der Waals surface area contributed by atoms with E-state index in [-0.39, 0.29) is 29.9 Å². The first-order valence-electron chi connectivity index (χ1n) is 9.47. The third-order valence-electron chi connectivity index (χ3n) is 5.31. The highest BCUT2D eigenvalue weighted by atomic mass is 32.2. The molecule has 2 saturated heterocycles. The molecule has 1 aromatic rings. The van der Waals surface area contributed by atoms with E-state index < -0.39 is 15.8 Å². The number of rotatable bonds is 5. The van der Waals surface area contributed by atoms with Gasteiger partial charge in [0.25, 0.3) is 0 Å². The van der Waals surface area contributed by atoms with E-state index in [1.807, 2.05) is 29.2 Å². The molecule has 27 heavy (non-hydrogen) atoms. The van der Waals surface area contributed by atoms with Gasteiger partial charge in [0.05, 0.1) is 24.0 Å². The maximum Gasteiger partial charge on any atom is 0.238 e. The van der Waals surface area contributed by atoms with Crippen molar-refractivity contribution < 1.29 is 18.0 Å². The number of carbonyl (C=O) groups is 2. The maximum atomic E-state index is 12.5. The average molecular weight is 394 g/mol. The molecule has 1 atom stereocenters. The molecule has 0 unspecified atom stereocenters. The van der Waals surface area contributed by atoms with Crippen molar-refractivity contribution in [2.24, 2.45) is 5.92 Å². The number of carbonyl (C=O) groups excluding carboxylic acids is 2. The number of benzene rings is 1. The van der Waals surface area contributed by atoms with Gasteiger partial charge in [-0.2, -0.15) is 0 Å². The Balaban J connectivity index is 1.46. The van der Waals surface area contributed by atoms with Gasteiger partial charge in [-0.25, -0.2) is 8.42 Å². The molecule has 3 rings (SSSR count). The summed E-state index contributed by atoms with van der Waals surface area (Å²) in [6, 6.07) is 7.77. The third kappa shape index (κ3) is 5.07. The van der Waals surface area contributed by atoms with Gasteiger partial charge in [0, 0.05) is 31.9 Å². The monoisotopic (exact) mass is 393 g/mol. The number of sulfone groups is 1. The van der Waals surface area contributed by atoms with Gasteiger partial charge in [-0.1, -0.05) is 25.1 Å². The summed E-state index contributed by atoms with van der Waals surface area (Å²) in [7, 11) is -3.05. The van der Waals surface area contributed by atoms with Crippen LogP contribution in [-0.4, -0.2) is 74.3 Å². The van der Waals surface area contributed by atoms with Gasteiger partial charge in [-0.05, 0) is 24.5 Å². The molecule has 2 aliphatic heterocycles. The molecule has 2 heterocycles. The highest BCUT2D eigenvalue weighted by molar-refractivity contribution is 7.91. The normalized spacial score (nSPS) is 22.6. The van der Waals surface area contributed by atoms with Gasteiger partial charge >= 0.3 is 0 Å². The Bertz CT molecular complexity index is 801. The van der Waals surface area contributed by atoms with Gasteiger partial charge in [0.15, 0.2) is 9.84 Å². The Morgan fingerprint density at radius 1 is 1.15 bits per heavy atom. The highest BCUT2D eigenvalue weighted by Crippen LogP contribution is 2.21. The summed E-state index contributed by atoms with van der Waals surface area (Å²) in [6.45, 7) is 4.65. The lowest BCUT2D eigenvalue weighted by molar-refractivity contribution is -0.136. The fourth-order valence-corrected chi connectivity index (χ4v) is 5.45. The minimum atomic E-state index is -3.05. The number of para-hydroxylation sites is 1. The number of amides is 2. The molecule has 8 heteroatoms. The van der Waals surface area contributed by atoms with Crippen LogP contribution in [0.4, 0.5) is 5.69 Å². The van der Waals surface area contributed by atoms with Crippen LogP contribution in [0.1, 0.15) is 18.9 Å². The number of hydrogen-bond acceptors (Lipinski definition) is 5. The molecule has 1 N–H and O–H groups in total. The summed E-state index contributed by atoms with van der Waals surface area (Å²) >= 11 is 0. The van der Waals surface area contributed by atoms with E-state index in [0.717, 1.165) is 17.7 Å². The van der Waals surface area contributed by atoms with Crippen LogP contribution < -0.4 is 5.32 Å². The second-order valence-electron chi connectivity index (χ2n) is 7.26. The van der Waals surface area contributed by atoms with Crippen molar-refractivity contribution in [3.05, 3.63) is 29.8 Å². The first-order chi connectivity index (χ1) is 12.9. The molecule has 2 amide bonds. The zero-order chi connectivity index (χ0) is 19.4. The fraction of sp³-hybridized carbons (Fsp3) is 0.579. The number of hydrogen-bond donors (Lipinski definition) is 1. The van der Waals surface area contributed by atoms with Crippen molar-refractivity contribution in [3.63, 3.8) is 0 Å². The summed E-state index contributed by atoms with van der Waals surface area (Å²) in [5, 5.41) is 2.97. The van der Waals surface area contributed by atoms with E-state index in [9.17, 15) is 18.0 Å². The van der Waals surface area contributed by atoms with Gasteiger partial charge in [-0.3, -0.25) is 14.5 Å². The van der Waals surface area contributed by atoms with Crippen LogP contribution >= 0.6 is 0 Å². The second kappa shape index (κ2) is 8.39. The van der Waals surface area contributed by atoms with Gasteiger partial charge in [0.2, 0.25) is 11.8 Å². The first-order valence-corrected chi connectivity index (χ1v) is 11.3. The summed E-state index contributed by atoms with van der Waals surface area (Å²) in [5.41, 5.74) is 1.95. The molecule has 2 aliphatic rings. The fourth-order valence-electron chi connectivity index (χ4n) is 3.72. The topological polar surface area (TPSA) is 86.8 Å². The predicted molar refractivity (Wildman–Crippen MR) is 104 cm³/mol. The minimum absolute atomic E-state index is 0.0225. The quantitative estimate of drug-likeness (QED) is 0.798. The van der Waals surface area contributed by atoms with Crippen molar-refractivity contribution in [3.8, 4) is 0 Å². The summed E-state index contributed by atoms with van der Waals surface area (Å²) in [4.78, 5) is 28.6. The van der Waals surface area contributed by atoms with E-state index >= 15 is 0 Å². The standard InChI is InChI=1S/C19H27N3O4S/c1-2-15-5-3-4-6-17(15)20-18(23)13-21-8-10-22(11-9-21)19(24)16-7-12-27(25,26)14-16/h3-6,16H,2,7-14H2,1H3,(H,20,23)/t16-/m1/s1. The zero-order valence-electron chi connectivity index (χ0n) is 15.7. The second-order valence-corrected chi connectivity index (χ2v) is 9.49. The molecule has 0 radical (unpaired) electrons. The van der Waals surface area contributed by atoms with Crippen molar-refractivity contribution in [1.82, 2.24) is 9.80 Å². The Morgan fingerprint density at radius 3 is 2.48 bits per heavy atom. The molecule has 0 saturated carbocycles. The molecule has 1 aromatic carbocycles. The number of anilines is 1. The van der Waals surface area contributed by atoms with Crippen LogP contribution in [0.5, 0.6) is 0 Å². The van der Waals surface area contributed by atoms with E-state index in [4.69, 9.17) is 0 Å². The molecule has 0 spiro atoms. The number of aryl methyl sites for hydroxylation is 1. The van der Waals surface area contributed by atoms with Crippen LogP contribution in [0.3, 0.4) is 0 Å². The Kier molecular flexibility index (Phi) is 6.16. The highest BCUT2D eigenvalue weighted by Gasteiger charge is 2.36. The Hall–Kier alpha value is -1.93. The van der Waals surface area contributed by atoms with E-state index in [0.29, 0.717) is 32.6 Å². The molecular formula is C19H27N3O4S. The molecule has 0 bridgehead atoms. The summed E-state index contributed by atoms with van der Waals surface area (Å²) in [6.07, 6.45) is 1.29. The van der Waals surface area contributed by atoms with Gasteiger partial charge in [0.1, 0.15) is 0 Å². The molecule has 0 aromatic heterocycles. The largest absolute Gasteiger partial charge is 0.340 e. The summed E-state index contributed by atoms with van der Waals surface area (Å²) in [5.74, 6) is -0.418. The van der Waals surface area contributed by atoms with Crippen molar-refractivity contribution in [2.45, 2.75) is 19.8 Å². The van der Waals surface area contributed by atoms with E-state index in [1.54, 1.807) is 4.90 Å². The third-order valence-corrected chi connectivity index (χ3v) is 7.07. The molecule has 7 nitrogen and oxygen atoms in total. The lowest BCUT2D eigenvalue weighted by Crippen LogP contribution is -2.52. The lowest BCUT2D eigenvalue weighted by atomic mass is 10.1. The van der Waals surface area contributed by atoms with Gasteiger partial charge < -0.3 is 10.2 Å². The van der Waals surface area contributed by atoms with Gasteiger partial charge in [-0.15, -0.1) is 0 Å². The number of piperazine rings is 1. The lowest BCUT2D eigenvalue weighted by Gasteiger charge is -2.35. The van der Waals surface area contributed by atoms with Crippen LogP contribution in [-0.2, 0) is 25.8 Å². The van der Waals surface area contributed by atoms with Crippen LogP contribution in [0.25, 0.3) is 0 Å². The van der Waals surface area contributed by atoms with E-state index in [2.05, 4.69) is 12.2 Å². The van der Waals surface area contributed by atoms with Crippen LogP contribution in [0.15, 0.2) is 24.3 Å². The zero-order valence-corrected chi connectivity index (χ0v) is 16.5. The van der Waals surface area contributed by atoms with Crippen molar-refractivity contribution in [2.75, 3.05) is 49.5 Å². The minimum Gasteiger partial charge on any atom is -0.340 e. The van der Waals surface area contributed by atoms with Crippen molar-refractivity contribution >= 4 is 27.3 Å². The first kappa shape index (κ1) is 19.8. The Labute approximate surface area is 160 Å². The van der Waals surface area contributed by atoms with Crippen molar-refractivity contribution in [1.29, 1.82) is 0 Å². The SMILES string of the molecule is CCc1ccccc1NC(=O)CN1CCN(C(=O)[C@@H]2CCS(=O)(=O)C2)CC1. The van der Waals surface area contributed by atoms with Crippen LogP contribution in [0.2, 0.25) is 0 Å². The van der Waals surface area contributed by atoms with E-state index in [1.165, 1.54) is 0 Å².